The van der Waals surface area contributed by atoms with Crippen molar-refractivity contribution in [2.75, 3.05) is 0 Å². The van der Waals surface area contributed by atoms with Crippen LogP contribution in [0.2, 0.25) is 0 Å². The minimum Gasteiger partial charge on any atom is -0.481 e. The molecule has 1 saturated carbocycles. The third kappa shape index (κ3) is 2.48. The maximum atomic E-state index is 10.8. The lowest BCUT2D eigenvalue weighted by molar-refractivity contribution is -0.155. The molecule has 0 heterocycles. The lowest BCUT2D eigenvalue weighted by Gasteiger charge is -2.32. The van der Waals surface area contributed by atoms with Gasteiger partial charge in [-0.1, -0.05) is 31.9 Å². The maximum Gasteiger partial charge on any atom is 0.307 e. The molecule has 4 atom stereocenters. The van der Waals surface area contributed by atoms with Gasteiger partial charge in [0.1, 0.15) is 0 Å². The highest BCUT2D eigenvalue weighted by atomic mass is 79.9. The van der Waals surface area contributed by atoms with Crippen molar-refractivity contribution in [1.82, 2.24) is 0 Å². The van der Waals surface area contributed by atoms with E-state index in [0.717, 1.165) is 0 Å². The Morgan fingerprint density at radius 1 is 0.929 bits per heavy atom. The van der Waals surface area contributed by atoms with Crippen LogP contribution < -0.4 is 0 Å². The van der Waals surface area contributed by atoms with Gasteiger partial charge in [0.2, 0.25) is 0 Å². The van der Waals surface area contributed by atoms with Crippen molar-refractivity contribution in [3.8, 4) is 0 Å². The van der Waals surface area contributed by atoms with Gasteiger partial charge in [-0.05, 0) is 12.8 Å². The van der Waals surface area contributed by atoms with E-state index in [1.165, 1.54) is 0 Å². The van der Waals surface area contributed by atoms with Crippen molar-refractivity contribution < 1.29 is 19.8 Å². The average molecular weight is 330 g/mol. The average Bonchev–Trinajstić information content (AvgIpc) is 2.08. The SMILES string of the molecule is O=C(O)[C@@H]1C[C@@H](Br)[C@H](Br)C[C@H]1C(=O)O. The van der Waals surface area contributed by atoms with E-state index < -0.39 is 23.8 Å². The van der Waals surface area contributed by atoms with Gasteiger partial charge in [-0.2, -0.15) is 0 Å². The fourth-order valence-corrected chi connectivity index (χ4v) is 2.89. The van der Waals surface area contributed by atoms with Crippen molar-refractivity contribution in [3.05, 3.63) is 0 Å². The second-order valence-electron chi connectivity index (χ2n) is 3.39. The number of alkyl halides is 2. The van der Waals surface area contributed by atoms with Crippen LogP contribution in [-0.4, -0.2) is 31.8 Å². The molecule has 0 unspecified atom stereocenters. The Hall–Kier alpha value is -0.100. The number of carboxylic acid groups (broad SMARTS) is 2. The molecule has 14 heavy (non-hydrogen) atoms. The van der Waals surface area contributed by atoms with E-state index in [9.17, 15) is 9.59 Å². The molecule has 0 bridgehead atoms. The van der Waals surface area contributed by atoms with Gasteiger partial charge in [0.25, 0.3) is 0 Å². The van der Waals surface area contributed by atoms with E-state index in [0.29, 0.717) is 12.8 Å². The molecule has 0 spiro atoms. The molecule has 80 valence electrons. The molecule has 6 heteroatoms. The van der Waals surface area contributed by atoms with Gasteiger partial charge in [0.15, 0.2) is 0 Å². The maximum absolute atomic E-state index is 10.8. The van der Waals surface area contributed by atoms with Crippen LogP contribution in [0.1, 0.15) is 12.8 Å². The first-order valence-electron chi connectivity index (χ1n) is 4.17. The first-order chi connectivity index (χ1) is 6.43. The van der Waals surface area contributed by atoms with Gasteiger partial charge < -0.3 is 10.2 Å². The second-order valence-corrected chi connectivity index (χ2v) is 5.75. The molecule has 0 amide bonds. The topological polar surface area (TPSA) is 74.6 Å². The smallest absolute Gasteiger partial charge is 0.307 e. The highest BCUT2D eigenvalue weighted by Gasteiger charge is 2.42. The van der Waals surface area contributed by atoms with Gasteiger partial charge in [0, 0.05) is 9.65 Å². The predicted molar refractivity (Wildman–Crippen MR) is 56.9 cm³/mol. The molecule has 0 aromatic carbocycles. The van der Waals surface area contributed by atoms with E-state index in [2.05, 4.69) is 31.9 Å². The summed E-state index contributed by atoms with van der Waals surface area (Å²) in [6.07, 6.45) is 0.699. The molecular weight excluding hydrogens is 320 g/mol. The van der Waals surface area contributed by atoms with Crippen LogP contribution in [0.25, 0.3) is 0 Å². The molecule has 4 nitrogen and oxygen atoms in total. The number of carbonyl (C=O) groups is 2. The van der Waals surface area contributed by atoms with Gasteiger partial charge >= 0.3 is 11.9 Å². The van der Waals surface area contributed by atoms with Crippen LogP contribution in [0.4, 0.5) is 0 Å². The minimum atomic E-state index is -1.03. The molecule has 0 radical (unpaired) electrons. The van der Waals surface area contributed by atoms with Crippen LogP contribution in [0, 0.1) is 11.8 Å². The third-order valence-electron chi connectivity index (χ3n) is 2.47. The van der Waals surface area contributed by atoms with Crippen molar-refractivity contribution in [2.24, 2.45) is 11.8 Å². The number of carboxylic acids is 2. The van der Waals surface area contributed by atoms with Crippen molar-refractivity contribution in [1.29, 1.82) is 0 Å². The van der Waals surface area contributed by atoms with Crippen molar-refractivity contribution >= 4 is 43.8 Å². The van der Waals surface area contributed by atoms with Gasteiger partial charge in [0.05, 0.1) is 11.8 Å². The predicted octanol–water partition coefficient (Wildman–Crippen LogP) is 1.71. The summed E-state index contributed by atoms with van der Waals surface area (Å²) in [6, 6.07) is 0. The van der Waals surface area contributed by atoms with Gasteiger partial charge in [-0.25, -0.2) is 0 Å². The fraction of sp³-hybridized carbons (Fsp3) is 0.750. The molecule has 2 N–H and O–H groups in total. The summed E-state index contributed by atoms with van der Waals surface area (Å²) >= 11 is 6.67. The summed E-state index contributed by atoms with van der Waals surface area (Å²) < 4.78 is 0. The number of halogens is 2. The van der Waals surface area contributed by atoms with Gasteiger partial charge in [-0.15, -0.1) is 0 Å². The Labute approximate surface area is 97.9 Å². The standard InChI is InChI=1S/C8H10Br2O4/c9-5-1-3(7(11)12)4(8(13)14)2-6(5)10/h3-6H,1-2H2,(H,11,12)(H,13,14)/t3-,4-,5-,6-/m1/s1. The highest BCUT2D eigenvalue weighted by Crippen LogP contribution is 2.37. The quantitative estimate of drug-likeness (QED) is 0.756. The summed E-state index contributed by atoms with van der Waals surface area (Å²) in [5, 5.41) is 17.7. The number of aliphatic carboxylic acids is 2. The molecule has 0 saturated heterocycles. The molecule has 0 aromatic heterocycles. The summed E-state index contributed by atoms with van der Waals surface area (Å²) in [5.74, 6) is -3.63. The van der Waals surface area contributed by atoms with Crippen LogP contribution in [0.3, 0.4) is 0 Å². The summed E-state index contributed by atoms with van der Waals surface area (Å²) in [4.78, 5) is 21.7. The fourth-order valence-electron chi connectivity index (χ4n) is 1.65. The minimum absolute atomic E-state index is 0.0270. The Kier molecular flexibility index (Phi) is 3.94. The number of hydrogen-bond donors (Lipinski definition) is 2. The molecule has 1 rings (SSSR count). The Bertz CT molecular complexity index is 230. The van der Waals surface area contributed by atoms with E-state index in [1.54, 1.807) is 0 Å². The van der Waals surface area contributed by atoms with Crippen LogP contribution in [0.5, 0.6) is 0 Å². The third-order valence-corrected chi connectivity index (χ3v) is 5.20. The number of hydrogen-bond acceptors (Lipinski definition) is 2. The molecule has 0 aliphatic heterocycles. The largest absolute Gasteiger partial charge is 0.481 e. The zero-order chi connectivity index (χ0) is 10.9. The molecule has 1 aliphatic carbocycles. The first-order valence-corrected chi connectivity index (χ1v) is 6.00. The second kappa shape index (κ2) is 4.61. The normalized spacial score (nSPS) is 37.9. The van der Waals surface area contributed by atoms with Crippen LogP contribution in [-0.2, 0) is 9.59 Å². The van der Waals surface area contributed by atoms with Crippen molar-refractivity contribution in [3.63, 3.8) is 0 Å². The first kappa shape index (κ1) is 12.0. The number of rotatable bonds is 2. The monoisotopic (exact) mass is 328 g/mol. The zero-order valence-corrected chi connectivity index (χ0v) is 10.4. The Balaban J connectivity index is 2.80. The molecule has 0 aromatic rings. The van der Waals surface area contributed by atoms with Crippen molar-refractivity contribution in [2.45, 2.75) is 22.5 Å². The lowest BCUT2D eigenvalue weighted by atomic mass is 9.79. The Morgan fingerprint density at radius 3 is 1.43 bits per heavy atom. The summed E-state index contributed by atoms with van der Waals surface area (Å²) in [7, 11) is 0. The van der Waals surface area contributed by atoms with Gasteiger partial charge in [-0.3, -0.25) is 9.59 Å². The highest BCUT2D eigenvalue weighted by molar-refractivity contribution is 9.12. The van der Waals surface area contributed by atoms with E-state index in [4.69, 9.17) is 10.2 Å². The Morgan fingerprint density at radius 2 is 1.21 bits per heavy atom. The van der Waals surface area contributed by atoms with E-state index in [1.807, 2.05) is 0 Å². The van der Waals surface area contributed by atoms with Crippen LogP contribution in [0.15, 0.2) is 0 Å². The summed E-state index contributed by atoms with van der Waals surface area (Å²) in [6.45, 7) is 0. The van der Waals surface area contributed by atoms with E-state index >= 15 is 0 Å². The molecular formula is C8H10Br2O4. The van der Waals surface area contributed by atoms with Crippen LogP contribution >= 0.6 is 31.9 Å². The zero-order valence-electron chi connectivity index (χ0n) is 7.19. The summed E-state index contributed by atoms with van der Waals surface area (Å²) in [5.41, 5.74) is 0. The lowest BCUT2D eigenvalue weighted by Crippen LogP contribution is -2.40. The molecule has 1 aliphatic rings. The van der Waals surface area contributed by atoms with E-state index in [-0.39, 0.29) is 9.65 Å². The molecule has 1 fully saturated rings.